The molecule has 17 heavy (non-hydrogen) atoms. The number of hydrogen-bond acceptors (Lipinski definition) is 2. The van der Waals surface area contributed by atoms with Crippen LogP contribution in [-0.2, 0) is 6.42 Å². The number of benzene rings is 1. The summed E-state index contributed by atoms with van der Waals surface area (Å²) in [7, 11) is 0. The second-order valence-electron chi connectivity index (χ2n) is 5.37. The van der Waals surface area contributed by atoms with E-state index in [1.807, 2.05) is 0 Å². The van der Waals surface area contributed by atoms with E-state index < -0.39 is 0 Å². The number of nitrogens with two attached hydrogens (primary N) is 1. The van der Waals surface area contributed by atoms with E-state index in [4.69, 9.17) is 10.5 Å². The van der Waals surface area contributed by atoms with Crippen LogP contribution in [-0.4, -0.2) is 6.61 Å². The quantitative estimate of drug-likeness (QED) is 0.864. The molecule has 0 bridgehead atoms. The van der Waals surface area contributed by atoms with Crippen LogP contribution < -0.4 is 10.5 Å². The number of hydrogen-bond donors (Lipinski definition) is 1. The summed E-state index contributed by atoms with van der Waals surface area (Å²) in [4.78, 5) is 0. The molecule has 1 unspecified atom stereocenters. The van der Waals surface area contributed by atoms with Gasteiger partial charge in [0.05, 0.1) is 6.61 Å². The average molecular weight is 233 g/mol. The Kier molecular flexibility index (Phi) is 4.06. The van der Waals surface area contributed by atoms with Crippen LogP contribution in [0.3, 0.4) is 0 Å². The van der Waals surface area contributed by atoms with Gasteiger partial charge in [-0.1, -0.05) is 32.0 Å². The second-order valence-corrected chi connectivity index (χ2v) is 5.37. The van der Waals surface area contributed by atoms with Gasteiger partial charge in [-0.3, -0.25) is 0 Å². The predicted octanol–water partition coefficient (Wildman–Crippen LogP) is 3.45. The van der Waals surface area contributed by atoms with Gasteiger partial charge >= 0.3 is 0 Å². The molecular formula is C15H23NO. The summed E-state index contributed by atoms with van der Waals surface area (Å²) in [5.41, 5.74) is 8.81. The zero-order valence-electron chi connectivity index (χ0n) is 10.9. The number of aryl methyl sites for hydroxylation is 1. The number of ether oxygens (including phenoxy) is 1. The van der Waals surface area contributed by atoms with E-state index in [0.717, 1.165) is 31.6 Å². The standard InChI is InChI=1S/C15H23NO/c1-11(2)8-9-14(16)13-7-3-5-12-6-4-10-17-15(12)13/h3,5,7,11,14H,4,6,8-10,16H2,1-2H3. The fourth-order valence-corrected chi connectivity index (χ4v) is 2.37. The van der Waals surface area contributed by atoms with Gasteiger partial charge in [0.2, 0.25) is 0 Å². The molecule has 2 heteroatoms. The van der Waals surface area contributed by atoms with Gasteiger partial charge < -0.3 is 10.5 Å². The van der Waals surface area contributed by atoms with Gasteiger partial charge in [0.25, 0.3) is 0 Å². The fourth-order valence-electron chi connectivity index (χ4n) is 2.37. The second kappa shape index (κ2) is 5.54. The van der Waals surface area contributed by atoms with Crippen molar-refractivity contribution in [1.82, 2.24) is 0 Å². The molecule has 2 nitrogen and oxygen atoms in total. The predicted molar refractivity (Wildman–Crippen MR) is 71.3 cm³/mol. The molecule has 0 aliphatic carbocycles. The summed E-state index contributed by atoms with van der Waals surface area (Å²) in [6.07, 6.45) is 4.46. The third kappa shape index (κ3) is 3.01. The number of fused-ring (bicyclic) bond motifs is 1. The monoisotopic (exact) mass is 233 g/mol. The van der Waals surface area contributed by atoms with Crippen molar-refractivity contribution in [3.05, 3.63) is 29.3 Å². The molecule has 94 valence electrons. The first-order valence-electron chi connectivity index (χ1n) is 6.68. The molecule has 0 spiro atoms. The maximum absolute atomic E-state index is 6.29. The van der Waals surface area contributed by atoms with E-state index in [1.54, 1.807) is 0 Å². The smallest absolute Gasteiger partial charge is 0.127 e. The lowest BCUT2D eigenvalue weighted by Gasteiger charge is -2.23. The van der Waals surface area contributed by atoms with Crippen molar-refractivity contribution in [2.24, 2.45) is 11.7 Å². The molecule has 0 aromatic heterocycles. The molecule has 1 aromatic carbocycles. The zero-order valence-corrected chi connectivity index (χ0v) is 10.9. The third-order valence-corrected chi connectivity index (χ3v) is 3.42. The first-order valence-corrected chi connectivity index (χ1v) is 6.68. The summed E-state index contributed by atoms with van der Waals surface area (Å²) in [6, 6.07) is 6.51. The maximum atomic E-state index is 6.29. The molecule has 0 saturated heterocycles. The lowest BCUT2D eigenvalue weighted by atomic mass is 9.94. The molecule has 1 heterocycles. The Morgan fingerprint density at radius 2 is 2.12 bits per heavy atom. The maximum Gasteiger partial charge on any atom is 0.127 e. The van der Waals surface area contributed by atoms with Gasteiger partial charge in [-0.2, -0.15) is 0 Å². The zero-order chi connectivity index (χ0) is 12.3. The normalized spacial score (nSPS) is 16.5. The molecule has 1 aromatic rings. The molecule has 0 fully saturated rings. The molecule has 0 amide bonds. The van der Waals surface area contributed by atoms with Crippen LogP contribution in [0.25, 0.3) is 0 Å². The van der Waals surface area contributed by atoms with Gasteiger partial charge in [0, 0.05) is 11.6 Å². The van der Waals surface area contributed by atoms with Crippen LogP contribution >= 0.6 is 0 Å². The Labute approximate surface area is 104 Å². The molecule has 2 N–H and O–H groups in total. The van der Waals surface area contributed by atoms with Crippen LogP contribution in [0.5, 0.6) is 5.75 Å². The number of para-hydroxylation sites is 1. The van der Waals surface area contributed by atoms with Crippen LogP contribution in [0.2, 0.25) is 0 Å². The van der Waals surface area contributed by atoms with Crippen molar-refractivity contribution in [3.8, 4) is 5.75 Å². The lowest BCUT2D eigenvalue weighted by Crippen LogP contribution is -2.16. The minimum atomic E-state index is 0.116. The van der Waals surface area contributed by atoms with Crippen molar-refractivity contribution < 1.29 is 4.74 Å². The Morgan fingerprint density at radius 3 is 2.88 bits per heavy atom. The highest BCUT2D eigenvalue weighted by atomic mass is 16.5. The molecule has 0 saturated carbocycles. The van der Waals surface area contributed by atoms with Crippen molar-refractivity contribution in [3.63, 3.8) is 0 Å². The van der Waals surface area contributed by atoms with Crippen molar-refractivity contribution in [2.45, 2.75) is 45.6 Å². The van der Waals surface area contributed by atoms with E-state index in [9.17, 15) is 0 Å². The molecular weight excluding hydrogens is 210 g/mol. The van der Waals surface area contributed by atoms with Gasteiger partial charge in [0.15, 0.2) is 0 Å². The van der Waals surface area contributed by atoms with Gasteiger partial charge in [-0.05, 0) is 37.2 Å². The third-order valence-electron chi connectivity index (χ3n) is 3.42. The van der Waals surface area contributed by atoms with Crippen molar-refractivity contribution in [1.29, 1.82) is 0 Å². The van der Waals surface area contributed by atoms with Gasteiger partial charge in [-0.15, -0.1) is 0 Å². The van der Waals surface area contributed by atoms with Crippen LogP contribution in [0.1, 0.15) is 50.3 Å². The minimum absolute atomic E-state index is 0.116. The first-order chi connectivity index (χ1) is 8.18. The first kappa shape index (κ1) is 12.4. The minimum Gasteiger partial charge on any atom is -0.493 e. The van der Waals surface area contributed by atoms with Crippen molar-refractivity contribution in [2.75, 3.05) is 6.61 Å². The summed E-state index contributed by atoms with van der Waals surface area (Å²) >= 11 is 0. The van der Waals surface area contributed by atoms with E-state index in [0.29, 0.717) is 5.92 Å². The van der Waals surface area contributed by atoms with E-state index >= 15 is 0 Å². The van der Waals surface area contributed by atoms with E-state index in [2.05, 4.69) is 32.0 Å². The average Bonchev–Trinajstić information content (AvgIpc) is 2.35. The van der Waals surface area contributed by atoms with Gasteiger partial charge in [-0.25, -0.2) is 0 Å². The summed E-state index contributed by atoms with van der Waals surface area (Å²) < 4.78 is 5.80. The molecule has 2 rings (SSSR count). The molecule has 0 radical (unpaired) electrons. The van der Waals surface area contributed by atoms with Gasteiger partial charge in [0.1, 0.15) is 5.75 Å². The highest BCUT2D eigenvalue weighted by Crippen LogP contribution is 2.33. The van der Waals surface area contributed by atoms with Crippen LogP contribution in [0.4, 0.5) is 0 Å². The Balaban J connectivity index is 2.14. The van der Waals surface area contributed by atoms with Crippen LogP contribution in [0.15, 0.2) is 18.2 Å². The highest BCUT2D eigenvalue weighted by Gasteiger charge is 2.18. The fraction of sp³-hybridized carbons (Fsp3) is 0.600. The Bertz CT molecular complexity index is 373. The van der Waals surface area contributed by atoms with E-state index in [-0.39, 0.29) is 6.04 Å². The lowest BCUT2D eigenvalue weighted by molar-refractivity contribution is 0.282. The Morgan fingerprint density at radius 1 is 1.29 bits per heavy atom. The molecule has 1 atom stereocenters. The molecule has 1 aliphatic rings. The van der Waals surface area contributed by atoms with Crippen molar-refractivity contribution >= 4 is 0 Å². The SMILES string of the molecule is CC(C)CCC(N)c1cccc2c1OCCC2. The number of rotatable bonds is 4. The highest BCUT2D eigenvalue weighted by molar-refractivity contribution is 5.44. The summed E-state index contributed by atoms with van der Waals surface area (Å²) in [5, 5.41) is 0. The topological polar surface area (TPSA) is 35.2 Å². The van der Waals surface area contributed by atoms with Crippen LogP contribution in [0, 0.1) is 5.92 Å². The Hall–Kier alpha value is -1.02. The summed E-state index contributed by atoms with van der Waals surface area (Å²) in [6.45, 7) is 5.31. The molecule has 1 aliphatic heterocycles. The largest absolute Gasteiger partial charge is 0.493 e. The summed E-state index contributed by atoms with van der Waals surface area (Å²) in [5.74, 6) is 1.77. The van der Waals surface area contributed by atoms with E-state index in [1.165, 1.54) is 17.5 Å².